The Morgan fingerprint density at radius 1 is 0.719 bits per heavy atom. The summed E-state index contributed by atoms with van der Waals surface area (Å²) in [6.07, 6.45) is 0. The minimum atomic E-state index is -1.05. The molecule has 0 aliphatic heterocycles. The Balaban J connectivity index is 1.85. The van der Waals surface area contributed by atoms with Gasteiger partial charge in [-0.2, -0.15) is 0 Å². The van der Waals surface area contributed by atoms with Crippen molar-refractivity contribution in [1.82, 2.24) is 9.55 Å². The average molecular weight is 417 g/mol. The highest BCUT2D eigenvalue weighted by atomic mass is 16.3. The van der Waals surface area contributed by atoms with Gasteiger partial charge in [0.15, 0.2) is 0 Å². The second-order valence-electron chi connectivity index (χ2n) is 9.08. The van der Waals surface area contributed by atoms with Crippen LogP contribution < -0.4 is 0 Å². The van der Waals surface area contributed by atoms with Crippen molar-refractivity contribution in [3.05, 3.63) is 90.6 Å². The SMILES string of the molecule is Cn1c2ccccc2c2cc(C(C)(C)O)nc(-c3cc4ccccc4c4ccccc34)c21. The molecule has 0 aliphatic carbocycles. The number of benzene rings is 4. The van der Waals surface area contributed by atoms with E-state index < -0.39 is 5.60 Å². The van der Waals surface area contributed by atoms with E-state index in [4.69, 9.17) is 4.98 Å². The third-order valence-corrected chi connectivity index (χ3v) is 6.53. The van der Waals surface area contributed by atoms with Crippen molar-refractivity contribution in [3.63, 3.8) is 0 Å². The fourth-order valence-corrected chi connectivity index (χ4v) is 4.95. The van der Waals surface area contributed by atoms with Crippen LogP contribution in [0, 0.1) is 0 Å². The zero-order valence-electron chi connectivity index (χ0n) is 18.4. The van der Waals surface area contributed by atoms with Crippen molar-refractivity contribution >= 4 is 43.4 Å². The molecule has 32 heavy (non-hydrogen) atoms. The molecule has 0 radical (unpaired) electrons. The van der Waals surface area contributed by atoms with E-state index in [1.807, 2.05) is 6.07 Å². The number of nitrogens with zero attached hydrogens (tertiary/aromatic N) is 2. The van der Waals surface area contributed by atoms with E-state index in [1.165, 1.54) is 21.5 Å². The predicted molar refractivity (Wildman–Crippen MR) is 134 cm³/mol. The lowest BCUT2D eigenvalue weighted by atomic mass is 9.93. The Labute approximate surface area is 186 Å². The van der Waals surface area contributed by atoms with Crippen molar-refractivity contribution in [2.24, 2.45) is 7.05 Å². The van der Waals surface area contributed by atoms with E-state index >= 15 is 0 Å². The van der Waals surface area contributed by atoms with Crippen LogP contribution in [0.3, 0.4) is 0 Å². The zero-order valence-corrected chi connectivity index (χ0v) is 18.4. The highest BCUT2D eigenvalue weighted by Gasteiger charge is 2.24. The van der Waals surface area contributed by atoms with E-state index in [9.17, 15) is 5.11 Å². The number of aromatic nitrogens is 2. The molecule has 6 rings (SSSR count). The molecule has 0 atom stereocenters. The first-order chi connectivity index (χ1) is 15.4. The third kappa shape index (κ3) is 2.68. The minimum absolute atomic E-state index is 0.675. The summed E-state index contributed by atoms with van der Waals surface area (Å²) in [4.78, 5) is 5.08. The highest BCUT2D eigenvalue weighted by Crippen LogP contribution is 2.41. The zero-order chi connectivity index (χ0) is 22.0. The number of hydrogen-bond donors (Lipinski definition) is 1. The molecular formula is C29H24N2O. The second-order valence-corrected chi connectivity index (χ2v) is 9.08. The van der Waals surface area contributed by atoms with Gasteiger partial charge >= 0.3 is 0 Å². The lowest BCUT2D eigenvalue weighted by Gasteiger charge is -2.20. The van der Waals surface area contributed by atoms with Crippen molar-refractivity contribution in [1.29, 1.82) is 0 Å². The van der Waals surface area contributed by atoms with Crippen LogP contribution in [0.4, 0.5) is 0 Å². The molecule has 0 bridgehead atoms. The van der Waals surface area contributed by atoms with Gasteiger partial charge in [-0.15, -0.1) is 0 Å². The Hall–Kier alpha value is -3.69. The molecule has 3 heteroatoms. The smallest absolute Gasteiger partial charge is 0.101 e. The molecule has 2 aromatic heterocycles. The number of hydrogen-bond acceptors (Lipinski definition) is 2. The van der Waals surface area contributed by atoms with Gasteiger partial charge in [-0.05, 0) is 53.6 Å². The van der Waals surface area contributed by atoms with E-state index in [0.29, 0.717) is 5.69 Å². The number of fused-ring (bicyclic) bond motifs is 6. The average Bonchev–Trinajstić information content (AvgIpc) is 3.10. The molecular weight excluding hydrogens is 392 g/mol. The summed E-state index contributed by atoms with van der Waals surface area (Å²) in [5.41, 5.74) is 3.85. The van der Waals surface area contributed by atoms with E-state index in [-0.39, 0.29) is 0 Å². The summed E-state index contributed by atoms with van der Waals surface area (Å²) in [6.45, 7) is 3.60. The van der Waals surface area contributed by atoms with Gasteiger partial charge in [0.25, 0.3) is 0 Å². The van der Waals surface area contributed by atoms with Gasteiger partial charge in [0.2, 0.25) is 0 Å². The minimum Gasteiger partial charge on any atom is -0.384 e. The lowest BCUT2D eigenvalue weighted by Crippen LogP contribution is -2.18. The van der Waals surface area contributed by atoms with Gasteiger partial charge in [-0.1, -0.05) is 66.7 Å². The van der Waals surface area contributed by atoms with Crippen molar-refractivity contribution in [2.45, 2.75) is 19.4 Å². The molecule has 0 unspecified atom stereocenters. The van der Waals surface area contributed by atoms with Gasteiger partial charge in [-0.3, -0.25) is 0 Å². The highest BCUT2D eigenvalue weighted by molar-refractivity contribution is 6.18. The first-order valence-electron chi connectivity index (χ1n) is 11.0. The predicted octanol–water partition coefficient (Wildman–Crippen LogP) is 6.93. The summed E-state index contributed by atoms with van der Waals surface area (Å²) in [5.74, 6) is 0. The molecule has 0 aliphatic rings. The molecule has 1 N–H and O–H groups in total. The molecule has 0 fully saturated rings. The van der Waals surface area contributed by atoms with Gasteiger partial charge in [0.1, 0.15) is 5.60 Å². The second kappa shape index (κ2) is 6.65. The van der Waals surface area contributed by atoms with Crippen molar-refractivity contribution < 1.29 is 5.11 Å². The monoisotopic (exact) mass is 416 g/mol. The fraction of sp³-hybridized carbons (Fsp3) is 0.138. The van der Waals surface area contributed by atoms with E-state index in [2.05, 4.69) is 90.5 Å². The number of para-hydroxylation sites is 1. The van der Waals surface area contributed by atoms with Crippen LogP contribution in [0.25, 0.3) is 54.6 Å². The molecule has 6 aromatic rings. The van der Waals surface area contributed by atoms with Crippen LogP contribution in [0.5, 0.6) is 0 Å². The first-order valence-corrected chi connectivity index (χ1v) is 11.0. The largest absolute Gasteiger partial charge is 0.384 e. The Bertz CT molecular complexity index is 1670. The molecule has 0 spiro atoms. The summed E-state index contributed by atoms with van der Waals surface area (Å²) < 4.78 is 2.23. The number of rotatable bonds is 2. The molecule has 0 saturated heterocycles. The normalized spacial score (nSPS) is 12.4. The quantitative estimate of drug-likeness (QED) is 0.311. The topological polar surface area (TPSA) is 38.0 Å². The summed E-state index contributed by atoms with van der Waals surface area (Å²) in [6, 6.07) is 29.7. The molecule has 0 saturated carbocycles. The molecule has 0 amide bonds. The van der Waals surface area contributed by atoms with E-state index in [0.717, 1.165) is 33.1 Å². The maximum atomic E-state index is 10.9. The van der Waals surface area contributed by atoms with Crippen LogP contribution in [0.1, 0.15) is 19.5 Å². The number of aryl methyl sites for hydroxylation is 1. The van der Waals surface area contributed by atoms with Gasteiger partial charge in [0.05, 0.1) is 16.9 Å². The summed E-state index contributed by atoms with van der Waals surface area (Å²) in [5, 5.41) is 18.0. The molecule has 2 heterocycles. The molecule has 4 aromatic carbocycles. The lowest BCUT2D eigenvalue weighted by molar-refractivity contribution is 0.0741. The fourth-order valence-electron chi connectivity index (χ4n) is 4.95. The maximum Gasteiger partial charge on any atom is 0.101 e. The van der Waals surface area contributed by atoms with Gasteiger partial charge in [-0.25, -0.2) is 4.98 Å². The van der Waals surface area contributed by atoms with Crippen molar-refractivity contribution in [3.8, 4) is 11.3 Å². The Morgan fingerprint density at radius 2 is 1.34 bits per heavy atom. The first kappa shape index (κ1) is 19.0. The van der Waals surface area contributed by atoms with Crippen LogP contribution in [-0.4, -0.2) is 14.7 Å². The van der Waals surface area contributed by atoms with Crippen LogP contribution >= 0.6 is 0 Å². The van der Waals surface area contributed by atoms with Crippen molar-refractivity contribution in [2.75, 3.05) is 0 Å². The van der Waals surface area contributed by atoms with Crippen LogP contribution in [-0.2, 0) is 12.6 Å². The van der Waals surface area contributed by atoms with Gasteiger partial charge in [0, 0.05) is 28.9 Å². The van der Waals surface area contributed by atoms with Crippen LogP contribution in [0.15, 0.2) is 84.9 Å². The number of pyridine rings is 1. The number of aliphatic hydroxyl groups is 1. The Kier molecular flexibility index (Phi) is 3.96. The molecule has 156 valence electrons. The van der Waals surface area contributed by atoms with E-state index in [1.54, 1.807) is 13.8 Å². The van der Waals surface area contributed by atoms with Gasteiger partial charge < -0.3 is 9.67 Å². The van der Waals surface area contributed by atoms with Crippen LogP contribution in [0.2, 0.25) is 0 Å². The molecule has 3 nitrogen and oxygen atoms in total. The third-order valence-electron chi connectivity index (χ3n) is 6.53. The standard InChI is InChI=1S/C29H24N2O/c1-29(2,32)26-17-24-22-14-8-9-15-25(22)31(3)28(24)27(30-26)23-16-18-10-4-5-11-19(18)20-12-6-7-13-21(20)23/h4-17,32H,1-3H3. The maximum absolute atomic E-state index is 10.9. The Morgan fingerprint density at radius 3 is 2.09 bits per heavy atom. The summed E-state index contributed by atoms with van der Waals surface area (Å²) >= 11 is 0. The summed E-state index contributed by atoms with van der Waals surface area (Å²) in [7, 11) is 2.10.